The monoisotopic (exact) mass is 355 g/mol. The van der Waals surface area contributed by atoms with Gasteiger partial charge in [0.2, 0.25) is 0 Å². The maximum absolute atomic E-state index is 5.41. The minimum absolute atomic E-state index is 0.278. The molecule has 0 saturated carbocycles. The molecule has 25 heavy (non-hydrogen) atoms. The van der Waals surface area contributed by atoms with Crippen molar-refractivity contribution in [3.8, 4) is 11.8 Å². The number of ether oxygens (including phenoxy) is 1. The highest BCUT2D eigenvalue weighted by atomic mass is 32.2. The van der Waals surface area contributed by atoms with E-state index in [1.807, 2.05) is 18.7 Å². The summed E-state index contributed by atoms with van der Waals surface area (Å²) < 4.78 is 5.41. The molecule has 1 atom stereocenters. The molecule has 1 aromatic rings. The highest BCUT2D eigenvalue weighted by Crippen LogP contribution is 2.18. The zero-order chi connectivity index (χ0) is 17.9. The molecule has 0 aromatic heterocycles. The lowest BCUT2D eigenvalue weighted by atomic mass is 10.1. The van der Waals surface area contributed by atoms with Gasteiger partial charge in [-0.1, -0.05) is 56.2 Å². The zero-order valence-electron chi connectivity index (χ0n) is 15.6. The fourth-order valence-corrected chi connectivity index (χ4v) is 3.53. The molecule has 1 unspecified atom stereocenters. The van der Waals surface area contributed by atoms with Gasteiger partial charge in [0, 0.05) is 18.8 Å². The van der Waals surface area contributed by atoms with Gasteiger partial charge in [0.15, 0.2) is 0 Å². The smallest absolute Gasteiger partial charge is 0.0840 e. The molecule has 2 rings (SSSR count). The predicted molar refractivity (Wildman–Crippen MR) is 112 cm³/mol. The molecule has 0 aliphatic carbocycles. The molecule has 2 nitrogen and oxygen atoms in total. The van der Waals surface area contributed by atoms with Crippen LogP contribution in [-0.4, -0.2) is 37.3 Å². The summed E-state index contributed by atoms with van der Waals surface area (Å²) in [4.78, 5) is 2.37. The number of morpholine rings is 1. The third-order valence-corrected chi connectivity index (χ3v) is 5.34. The Morgan fingerprint density at radius 1 is 1.16 bits per heavy atom. The number of thioether (sulfide) groups is 1. The van der Waals surface area contributed by atoms with E-state index in [9.17, 15) is 0 Å². The molecule has 1 aliphatic heterocycles. The number of rotatable bonds is 7. The third kappa shape index (κ3) is 7.42. The minimum Gasteiger partial charge on any atom is -0.378 e. The van der Waals surface area contributed by atoms with E-state index in [0.717, 1.165) is 32.1 Å². The SMILES string of the molecule is CC#CC(/C=C/C=C/c1ccc(N2CCOCC2)cc1)SCC(C)C. The van der Waals surface area contributed by atoms with E-state index in [0.29, 0.717) is 5.92 Å². The Morgan fingerprint density at radius 2 is 1.88 bits per heavy atom. The molecule has 0 spiro atoms. The molecule has 1 aromatic carbocycles. The van der Waals surface area contributed by atoms with E-state index in [-0.39, 0.29) is 5.25 Å². The van der Waals surface area contributed by atoms with Crippen molar-refractivity contribution in [2.45, 2.75) is 26.0 Å². The van der Waals surface area contributed by atoms with Crippen LogP contribution in [0.5, 0.6) is 0 Å². The Labute approximate surface area is 157 Å². The molecule has 1 heterocycles. The quantitative estimate of drug-likeness (QED) is 0.511. The second-order valence-corrected chi connectivity index (χ2v) is 7.65. The van der Waals surface area contributed by atoms with Crippen LogP contribution in [0, 0.1) is 17.8 Å². The summed E-state index contributed by atoms with van der Waals surface area (Å²) in [6.45, 7) is 9.99. The molecule has 3 heteroatoms. The standard InChI is InChI=1S/C22H29NOS/c1-4-7-22(25-18-19(2)3)9-6-5-8-20-10-12-21(13-11-20)23-14-16-24-17-15-23/h5-6,8-13,19,22H,14-18H2,1-3H3/b8-5+,9-6+. The topological polar surface area (TPSA) is 12.5 Å². The summed E-state index contributed by atoms with van der Waals surface area (Å²) in [5.41, 5.74) is 2.49. The highest BCUT2D eigenvalue weighted by molar-refractivity contribution is 8.00. The Balaban J connectivity index is 1.88. The van der Waals surface area contributed by atoms with Gasteiger partial charge in [0.1, 0.15) is 0 Å². The maximum atomic E-state index is 5.41. The molecule has 1 saturated heterocycles. The fraction of sp³-hybridized carbons (Fsp3) is 0.455. The van der Waals surface area contributed by atoms with Gasteiger partial charge in [-0.3, -0.25) is 0 Å². The van der Waals surface area contributed by atoms with Gasteiger partial charge in [-0.15, -0.1) is 17.7 Å². The normalized spacial score (nSPS) is 16.4. The Bertz CT molecular complexity index is 616. The van der Waals surface area contributed by atoms with Crippen molar-refractivity contribution in [1.29, 1.82) is 0 Å². The van der Waals surface area contributed by atoms with Gasteiger partial charge in [-0.05, 0) is 36.3 Å². The van der Waals surface area contributed by atoms with Gasteiger partial charge in [0.25, 0.3) is 0 Å². The van der Waals surface area contributed by atoms with Crippen molar-refractivity contribution in [2.24, 2.45) is 5.92 Å². The van der Waals surface area contributed by atoms with Crippen molar-refractivity contribution in [3.63, 3.8) is 0 Å². The zero-order valence-corrected chi connectivity index (χ0v) is 16.4. The molecule has 0 bridgehead atoms. The molecule has 134 valence electrons. The van der Waals surface area contributed by atoms with Crippen molar-refractivity contribution < 1.29 is 4.74 Å². The van der Waals surface area contributed by atoms with Crippen LogP contribution in [-0.2, 0) is 4.74 Å². The number of anilines is 1. The number of nitrogens with zero attached hydrogens (tertiary/aromatic N) is 1. The van der Waals surface area contributed by atoms with Gasteiger partial charge in [-0.25, -0.2) is 0 Å². The van der Waals surface area contributed by atoms with Gasteiger partial charge < -0.3 is 9.64 Å². The summed E-state index contributed by atoms with van der Waals surface area (Å²) >= 11 is 1.91. The van der Waals surface area contributed by atoms with E-state index in [4.69, 9.17) is 4.74 Å². The largest absolute Gasteiger partial charge is 0.378 e. The van der Waals surface area contributed by atoms with Gasteiger partial charge in [0.05, 0.1) is 18.5 Å². The van der Waals surface area contributed by atoms with Crippen LogP contribution in [0.2, 0.25) is 0 Å². The molecule has 0 N–H and O–H groups in total. The number of hydrogen-bond donors (Lipinski definition) is 0. The van der Waals surface area contributed by atoms with Crippen LogP contribution in [0.1, 0.15) is 26.3 Å². The summed E-state index contributed by atoms with van der Waals surface area (Å²) in [6, 6.07) is 8.73. The summed E-state index contributed by atoms with van der Waals surface area (Å²) in [6.07, 6.45) is 8.54. The fourth-order valence-electron chi connectivity index (χ4n) is 2.53. The molecule has 1 aliphatic rings. The van der Waals surface area contributed by atoms with Crippen molar-refractivity contribution in [3.05, 3.63) is 48.1 Å². The van der Waals surface area contributed by atoms with Crippen LogP contribution in [0.25, 0.3) is 6.08 Å². The first-order valence-electron chi connectivity index (χ1n) is 9.00. The lowest BCUT2D eigenvalue weighted by molar-refractivity contribution is 0.122. The van der Waals surface area contributed by atoms with Crippen LogP contribution < -0.4 is 4.90 Å². The average molecular weight is 356 g/mol. The summed E-state index contributed by atoms with van der Waals surface area (Å²) in [5, 5.41) is 0.278. The Hall–Kier alpha value is -1.63. The predicted octanol–water partition coefficient (Wildman–Crippen LogP) is 4.87. The Kier molecular flexibility index (Phi) is 8.72. The molecular formula is C22H29NOS. The molecular weight excluding hydrogens is 326 g/mol. The second kappa shape index (κ2) is 11.1. The highest BCUT2D eigenvalue weighted by Gasteiger charge is 2.10. The van der Waals surface area contributed by atoms with E-state index in [2.05, 4.69) is 79.2 Å². The van der Waals surface area contributed by atoms with Crippen LogP contribution in [0.15, 0.2) is 42.5 Å². The summed E-state index contributed by atoms with van der Waals surface area (Å²) in [5.74, 6) is 8.11. The second-order valence-electron chi connectivity index (χ2n) is 6.48. The van der Waals surface area contributed by atoms with Crippen LogP contribution in [0.3, 0.4) is 0 Å². The lowest BCUT2D eigenvalue weighted by Crippen LogP contribution is -2.36. The first-order valence-corrected chi connectivity index (χ1v) is 10.1. The Morgan fingerprint density at radius 3 is 2.52 bits per heavy atom. The van der Waals surface area contributed by atoms with Gasteiger partial charge >= 0.3 is 0 Å². The van der Waals surface area contributed by atoms with Crippen LogP contribution in [0.4, 0.5) is 5.69 Å². The molecule has 0 amide bonds. The molecule has 0 radical (unpaired) electrons. The number of allylic oxidation sites excluding steroid dienone is 2. The van der Waals surface area contributed by atoms with Crippen molar-refractivity contribution in [1.82, 2.24) is 0 Å². The lowest BCUT2D eigenvalue weighted by Gasteiger charge is -2.28. The number of benzene rings is 1. The van der Waals surface area contributed by atoms with E-state index in [1.54, 1.807) is 0 Å². The van der Waals surface area contributed by atoms with E-state index >= 15 is 0 Å². The maximum Gasteiger partial charge on any atom is 0.0840 e. The van der Waals surface area contributed by atoms with E-state index in [1.165, 1.54) is 11.3 Å². The van der Waals surface area contributed by atoms with Crippen molar-refractivity contribution in [2.75, 3.05) is 37.0 Å². The first kappa shape index (κ1) is 19.7. The van der Waals surface area contributed by atoms with E-state index < -0.39 is 0 Å². The van der Waals surface area contributed by atoms with Crippen LogP contribution >= 0.6 is 11.8 Å². The minimum atomic E-state index is 0.278. The molecule has 1 fully saturated rings. The van der Waals surface area contributed by atoms with Gasteiger partial charge in [-0.2, -0.15) is 0 Å². The van der Waals surface area contributed by atoms with Crippen molar-refractivity contribution >= 4 is 23.5 Å². The average Bonchev–Trinajstić information content (AvgIpc) is 2.64. The number of hydrogen-bond acceptors (Lipinski definition) is 3. The third-order valence-electron chi connectivity index (χ3n) is 3.85. The summed E-state index contributed by atoms with van der Waals surface area (Å²) in [7, 11) is 0. The first-order chi connectivity index (χ1) is 12.2.